The molecule has 0 aliphatic rings. The summed E-state index contributed by atoms with van der Waals surface area (Å²) in [7, 11) is 0. The predicted molar refractivity (Wildman–Crippen MR) is 88.4 cm³/mol. The van der Waals surface area contributed by atoms with Gasteiger partial charge in [-0.2, -0.15) is 0 Å². The number of aromatic nitrogens is 1. The Morgan fingerprint density at radius 2 is 1.70 bits per heavy atom. The van der Waals surface area contributed by atoms with Crippen molar-refractivity contribution in [1.29, 1.82) is 0 Å². The van der Waals surface area contributed by atoms with E-state index in [0.29, 0.717) is 16.8 Å². The Morgan fingerprint density at radius 3 is 2.39 bits per heavy atom. The zero-order valence-electron chi connectivity index (χ0n) is 12.2. The fourth-order valence-electron chi connectivity index (χ4n) is 2.30. The molecule has 0 saturated heterocycles. The molecule has 0 bridgehead atoms. The third-order valence-electron chi connectivity index (χ3n) is 3.39. The SMILES string of the molecule is Nc1nccc(-c2ccccc2)c1C(=O)Nc1ccc(F)cc1. The molecule has 0 saturated carbocycles. The molecule has 5 heteroatoms. The van der Waals surface area contributed by atoms with E-state index in [9.17, 15) is 9.18 Å². The third-order valence-corrected chi connectivity index (χ3v) is 3.39. The van der Waals surface area contributed by atoms with Crippen molar-refractivity contribution in [1.82, 2.24) is 4.98 Å². The molecule has 114 valence electrons. The van der Waals surface area contributed by atoms with Gasteiger partial charge in [-0.25, -0.2) is 9.37 Å². The van der Waals surface area contributed by atoms with E-state index in [1.54, 1.807) is 12.3 Å². The lowest BCUT2D eigenvalue weighted by molar-refractivity contribution is 0.102. The third kappa shape index (κ3) is 3.18. The fraction of sp³-hybridized carbons (Fsp3) is 0. The Kier molecular flexibility index (Phi) is 4.01. The van der Waals surface area contributed by atoms with Crippen LogP contribution in [0.3, 0.4) is 0 Å². The minimum atomic E-state index is -0.388. The van der Waals surface area contributed by atoms with Crippen LogP contribution in [0, 0.1) is 5.82 Å². The molecule has 0 unspecified atom stereocenters. The van der Waals surface area contributed by atoms with Crippen LogP contribution in [0.25, 0.3) is 11.1 Å². The molecule has 1 heterocycles. The molecule has 3 N–H and O–H groups in total. The number of carbonyl (C=O) groups excluding carboxylic acids is 1. The summed E-state index contributed by atoms with van der Waals surface area (Å²) >= 11 is 0. The molecular formula is C18H14FN3O. The summed E-state index contributed by atoms with van der Waals surface area (Å²) in [4.78, 5) is 16.6. The molecule has 0 aliphatic carbocycles. The number of nitrogens with two attached hydrogens (primary N) is 1. The number of anilines is 2. The van der Waals surface area contributed by atoms with E-state index in [0.717, 1.165) is 5.56 Å². The first-order chi connectivity index (χ1) is 11.1. The van der Waals surface area contributed by atoms with Gasteiger partial charge in [-0.1, -0.05) is 30.3 Å². The molecule has 2 aromatic carbocycles. The monoisotopic (exact) mass is 307 g/mol. The number of benzene rings is 2. The van der Waals surface area contributed by atoms with Gasteiger partial charge in [0.25, 0.3) is 5.91 Å². The van der Waals surface area contributed by atoms with Crippen LogP contribution in [-0.2, 0) is 0 Å². The number of amides is 1. The Hall–Kier alpha value is -3.21. The van der Waals surface area contributed by atoms with Crippen LogP contribution >= 0.6 is 0 Å². The highest BCUT2D eigenvalue weighted by Gasteiger charge is 2.17. The summed E-state index contributed by atoms with van der Waals surface area (Å²) in [6.07, 6.45) is 1.56. The van der Waals surface area contributed by atoms with Crippen molar-refractivity contribution in [3.05, 3.63) is 78.2 Å². The van der Waals surface area contributed by atoms with Gasteiger partial charge < -0.3 is 11.1 Å². The van der Waals surface area contributed by atoms with E-state index in [4.69, 9.17) is 5.73 Å². The Labute approximate surface area is 132 Å². The summed E-state index contributed by atoms with van der Waals surface area (Å²) in [5.41, 5.74) is 8.24. The van der Waals surface area contributed by atoms with Crippen LogP contribution in [0.15, 0.2) is 66.9 Å². The van der Waals surface area contributed by atoms with Crippen LogP contribution in [0.4, 0.5) is 15.9 Å². The molecule has 1 amide bonds. The second-order valence-corrected chi connectivity index (χ2v) is 4.95. The molecule has 0 spiro atoms. The van der Waals surface area contributed by atoms with Gasteiger partial charge >= 0.3 is 0 Å². The molecule has 1 aromatic heterocycles. The van der Waals surface area contributed by atoms with Gasteiger partial charge in [0.2, 0.25) is 0 Å². The summed E-state index contributed by atoms with van der Waals surface area (Å²) < 4.78 is 13.0. The summed E-state index contributed by atoms with van der Waals surface area (Å²) in [6, 6.07) is 16.7. The van der Waals surface area contributed by atoms with Gasteiger partial charge in [0.15, 0.2) is 0 Å². The average Bonchev–Trinajstić information content (AvgIpc) is 2.57. The smallest absolute Gasteiger partial charge is 0.260 e. The maximum atomic E-state index is 13.0. The molecule has 0 aliphatic heterocycles. The first-order valence-corrected chi connectivity index (χ1v) is 7.02. The van der Waals surface area contributed by atoms with Crippen LogP contribution in [0.1, 0.15) is 10.4 Å². The quantitative estimate of drug-likeness (QED) is 0.775. The number of halogens is 1. The molecule has 3 aromatic rings. The zero-order chi connectivity index (χ0) is 16.2. The maximum Gasteiger partial charge on any atom is 0.260 e. The highest BCUT2D eigenvalue weighted by Crippen LogP contribution is 2.27. The standard InChI is InChI=1S/C18H14FN3O/c19-13-6-8-14(9-7-13)22-18(23)16-15(10-11-21-17(16)20)12-4-2-1-3-5-12/h1-11H,(H2,20,21)(H,22,23). The van der Waals surface area contributed by atoms with Gasteiger partial charge in [0, 0.05) is 11.9 Å². The molecule has 0 atom stereocenters. The first-order valence-electron chi connectivity index (χ1n) is 7.02. The normalized spacial score (nSPS) is 10.3. The van der Waals surface area contributed by atoms with Crippen molar-refractivity contribution in [2.24, 2.45) is 0 Å². The Balaban J connectivity index is 1.98. The topological polar surface area (TPSA) is 68.0 Å². The van der Waals surface area contributed by atoms with Gasteiger partial charge in [-0.05, 0) is 41.5 Å². The number of nitrogens with zero attached hydrogens (tertiary/aromatic N) is 1. The van der Waals surface area contributed by atoms with Gasteiger partial charge in [-0.15, -0.1) is 0 Å². The zero-order valence-corrected chi connectivity index (χ0v) is 12.2. The second kappa shape index (κ2) is 6.27. The van der Waals surface area contributed by atoms with Crippen molar-refractivity contribution in [3.8, 4) is 11.1 Å². The number of carbonyl (C=O) groups is 1. The van der Waals surface area contributed by atoms with Gasteiger partial charge in [0.05, 0.1) is 5.56 Å². The van der Waals surface area contributed by atoms with E-state index in [-0.39, 0.29) is 17.5 Å². The van der Waals surface area contributed by atoms with E-state index in [1.165, 1.54) is 24.3 Å². The lowest BCUT2D eigenvalue weighted by Crippen LogP contribution is -2.16. The van der Waals surface area contributed by atoms with Crippen molar-refractivity contribution in [2.75, 3.05) is 11.1 Å². The fourth-order valence-corrected chi connectivity index (χ4v) is 2.30. The highest BCUT2D eigenvalue weighted by molar-refractivity contribution is 6.11. The van der Waals surface area contributed by atoms with Crippen LogP contribution in [0.2, 0.25) is 0 Å². The molecular weight excluding hydrogens is 293 g/mol. The molecule has 4 nitrogen and oxygen atoms in total. The van der Waals surface area contributed by atoms with Crippen LogP contribution in [-0.4, -0.2) is 10.9 Å². The number of nitrogens with one attached hydrogen (secondary N) is 1. The maximum absolute atomic E-state index is 13.0. The average molecular weight is 307 g/mol. The summed E-state index contributed by atoms with van der Waals surface area (Å²) in [5, 5.41) is 2.71. The van der Waals surface area contributed by atoms with Gasteiger partial charge in [0.1, 0.15) is 11.6 Å². The van der Waals surface area contributed by atoms with Crippen molar-refractivity contribution < 1.29 is 9.18 Å². The number of hydrogen-bond donors (Lipinski definition) is 2. The molecule has 3 rings (SSSR count). The first kappa shape index (κ1) is 14.7. The molecule has 23 heavy (non-hydrogen) atoms. The number of pyridine rings is 1. The predicted octanol–water partition coefficient (Wildman–Crippen LogP) is 3.72. The van der Waals surface area contributed by atoms with Crippen LogP contribution in [0.5, 0.6) is 0 Å². The molecule has 0 fully saturated rings. The lowest BCUT2D eigenvalue weighted by atomic mass is 10.0. The highest BCUT2D eigenvalue weighted by atomic mass is 19.1. The second-order valence-electron chi connectivity index (χ2n) is 4.95. The van der Waals surface area contributed by atoms with Crippen molar-refractivity contribution in [2.45, 2.75) is 0 Å². The van der Waals surface area contributed by atoms with E-state index < -0.39 is 0 Å². The van der Waals surface area contributed by atoms with Crippen molar-refractivity contribution >= 4 is 17.4 Å². The number of rotatable bonds is 3. The van der Waals surface area contributed by atoms with E-state index in [1.807, 2.05) is 30.3 Å². The number of hydrogen-bond acceptors (Lipinski definition) is 3. The van der Waals surface area contributed by atoms with E-state index >= 15 is 0 Å². The lowest BCUT2D eigenvalue weighted by Gasteiger charge is -2.12. The Bertz CT molecular complexity index is 833. The largest absolute Gasteiger partial charge is 0.383 e. The van der Waals surface area contributed by atoms with Crippen molar-refractivity contribution in [3.63, 3.8) is 0 Å². The van der Waals surface area contributed by atoms with Crippen LogP contribution < -0.4 is 11.1 Å². The van der Waals surface area contributed by atoms with E-state index in [2.05, 4.69) is 10.3 Å². The minimum Gasteiger partial charge on any atom is -0.383 e. The van der Waals surface area contributed by atoms with Gasteiger partial charge in [-0.3, -0.25) is 4.79 Å². The molecule has 0 radical (unpaired) electrons. The Morgan fingerprint density at radius 1 is 1.00 bits per heavy atom. The number of nitrogen functional groups attached to an aromatic ring is 1. The summed E-state index contributed by atoms with van der Waals surface area (Å²) in [6.45, 7) is 0. The summed E-state index contributed by atoms with van der Waals surface area (Å²) in [5.74, 6) is -0.610. The minimum absolute atomic E-state index is 0.144.